The first-order valence-corrected chi connectivity index (χ1v) is 8.16. The van der Waals surface area contributed by atoms with E-state index in [1.807, 2.05) is 25.1 Å². The molecule has 0 amide bonds. The Balaban J connectivity index is 1.90. The number of carbonyl (C=O) groups excluding carboxylic acids is 1. The lowest BCUT2D eigenvalue weighted by Crippen LogP contribution is -2.09. The molecule has 19 heavy (non-hydrogen) atoms. The van der Waals surface area contributed by atoms with Crippen LogP contribution in [0, 0.1) is 6.92 Å². The average Bonchev–Trinajstić information content (AvgIpc) is 2.67. The molecule has 1 heterocycles. The largest absolute Gasteiger partial charge is 0.288 e. The van der Waals surface area contributed by atoms with Crippen LogP contribution >= 0.6 is 27.3 Å². The molecular weight excluding hydrogens is 320 g/mol. The third kappa shape index (κ3) is 2.54. The molecule has 1 fully saturated rings. The number of carbonyl (C=O) groups is 1. The molecule has 0 radical (unpaired) electrons. The van der Waals surface area contributed by atoms with Crippen LogP contribution in [0.1, 0.15) is 51.5 Å². The Bertz CT molecular complexity index is 606. The maximum Gasteiger partial charge on any atom is 0.202 e. The van der Waals surface area contributed by atoms with Crippen LogP contribution in [0.3, 0.4) is 0 Å². The highest BCUT2D eigenvalue weighted by molar-refractivity contribution is 9.11. The van der Waals surface area contributed by atoms with Crippen LogP contribution in [-0.4, -0.2) is 5.78 Å². The zero-order valence-corrected chi connectivity index (χ0v) is 13.2. The summed E-state index contributed by atoms with van der Waals surface area (Å²) in [6.45, 7) is 2.02. The summed E-state index contributed by atoms with van der Waals surface area (Å²) in [5.74, 6) is 0.810. The lowest BCUT2D eigenvalue weighted by Gasteiger charge is -2.26. The summed E-state index contributed by atoms with van der Waals surface area (Å²) in [5.41, 5.74) is 3.27. The minimum absolute atomic E-state index is 0.139. The molecule has 0 bridgehead atoms. The number of aryl methyl sites for hydroxylation is 1. The average molecular weight is 335 g/mol. The smallest absolute Gasteiger partial charge is 0.202 e. The first kappa shape index (κ1) is 13.1. The SMILES string of the molecule is Cc1cc(C(=O)c2cccc(C3CCC3)c2)sc1Br. The zero-order valence-electron chi connectivity index (χ0n) is 10.8. The van der Waals surface area contributed by atoms with Gasteiger partial charge in [-0.15, -0.1) is 11.3 Å². The van der Waals surface area contributed by atoms with E-state index in [9.17, 15) is 4.79 Å². The van der Waals surface area contributed by atoms with Crippen molar-refractivity contribution in [3.8, 4) is 0 Å². The number of benzene rings is 1. The molecule has 0 atom stereocenters. The number of thiophene rings is 1. The molecule has 98 valence electrons. The van der Waals surface area contributed by atoms with Crippen LogP contribution in [0.15, 0.2) is 34.1 Å². The Morgan fingerprint density at radius 2 is 2.11 bits per heavy atom. The first-order valence-electron chi connectivity index (χ1n) is 6.56. The van der Waals surface area contributed by atoms with Gasteiger partial charge in [-0.05, 0) is 64.9 Å². The minimum atomic E-state index is 0.139. The summed E-state index contributed by atoms with van der Waals surface area (Å²) >= 11 is 5.00. The highest BCUT2D eigenvalue weighted by atomic mass is 79.9. The second-order valence-electron chi connectivity index (χ2n) is 5.15. The van der Waals surface area contributed by atoms with Gasteiger partial charge in [0.1, 0.15) is 0 Å². The van der Waals surface area contributed by atoms with Gasteiger partial charge >= 0.3 is 0 Å². The van der Waals surface area contributed by atoms with Crippen LogP contribution in [0.5, 0.6) is 0 Å². The number of hydrogen-bond acceptors (Lipinski definition) is 2. The lowest BCUT2D eigenvalue weighted by molar-refractivity contribution is 0.104. The normalized spacial score (nSPS) is 15.3. The molecular formula is C16H15BrOS. The predicted molar refractivity (Wildman–Crippen MR) is 83.2 cm³/mol. The second-order valence-corrected chi connectivity index (χ2v) is 7.52. The quantitative estimate of drug-likeness (QED) is 0.694. The molecule has 1 nitrogen and oxygen atoms in total. The van der Waals surface area contributed by atoms with Crippen molar-refractivity contribution in [2.24, 2.45) is 0 Å². The summed E-state index contributed by atoms with van der Waals surface area (Å²) in [6, 6.07) is 10.1. The van der Waals surface area contributed by atoms with Gasteiger partial charge in [-0.2, -0.15) is 0 Å². The fraction of sp³-hybridized carbons (Fsp3) is 0.312. The van der Waals surface area contributed by atoms with Crippen molar-refractivity contribution >= 4 is 33.0 Å². The molecule has 2 aromatic rings. The number of halogens is 1. The fourth-order valence-corrected chi connectivity index (χ4v) is 3.89. The molecule has 0 aliphatic heterocycles. The van der Waals surface area contributed by atoms with E-state index in [1.54, 1.807) is 0 Å². The Labute approximate surface area is 125 Å². The molecule has 0 N–H and O–H groups in total. The molecule has 3 rings (SSSR count). The monoisotopic (exact) mass is 334 g/mol. The highest BCUT2D eigenvalue weighted by Gasteiger charge is 2.21. The molecule has 0 spiro atoms. The van der Waals surface area contributed by atoms with Crippen molar-refractivity contribution in [3.63, 3.8) is 0 Å². The number of hydrogen-bond donors (Lipinski definition) is 0. The zero-order chi connectivity index (χ0) is 13.4. The van der Waals surface area contributed by atoms with E-state index in [0.29, 0.717) is 5.92 Å². The van der Waals surface area contributed by atoms with Gasteiger partial charge in [-0.1, -0.05) is 24.6 Å². The lowest BCUT2D eigenvalue weighted by atomic mass is 9.79. The number of rotatable bonds is 3. The number of ketones is 1. The fourth-order valence-electron chi connectivity index (χ4n) is 2.39. The van der Waals surface area contributed by atoms with Crippen molar-refractivity contribution in [3.05, 3.63) is 55.7 Å². The Morgan fingerprint density at radius 3 is 2.68 bits per heavy atom. The van der Waals surface area contributed by atoms with E-state index in [-0.39, 0.29) is 5.78 Å². The molecule has 3 heteroatoms. The summed E-state index contributed by atoms with van der Waals surface area (Å²) < 4.78 is 1.05. The minimum Gasteiger partial charge on any atom is -0.288 e. The molecule has 1 saturated carbocycles. The van der Waals surface area contributed by atoms with Crippen LogP contribution in [0.4, 0.5) is 0 Å². The first-order chi connectivity index (χ1) is 9.15. The predicted octanol–water partition coefficient (Wildman–Crippen LogP) is 5.32. The van der Waals surface area contributed by atoms with E-state index in [0.717, 1.165) is 19.8 Å². The van der Waals surface area contributed by atoms with Gasteiger partial charge in [-0.3, -0.25) is 4.79 Å². The van der Waals surface area contributed by atoms with E-state index in [4.69, 9.17) is 0 Å². The molecule has 1 aromatic carbocycles. The maximum absolute atomic E-state index is 12.5. The topological polar surface area (TPSA) is 17.1 Å². The third-order valence-corrected chi connectivity index (χ3v) is 5.94. The van der Waals surface area contributed by atoms with E-state index >= 15 is 0 Å². The molecule has 0 saturated heterocycles. The van der Waals surface area contributed by atoms with E-state index < -0.39 is 0 Å². The summed E-state index contributed by atoms with van der Waals surface area (Å²) in [5, 5.41) is 0. The van der Waals surface area contributed by atoms with E-state index in [2.05, 4.69) is 28.1 Å². The van der Waals surface area contributed by atoms with Gasteiger partial charge in [0.25, 0.3) is 0 Å². The van der Waals surface area contributed by atoms with Gasteiger partial charge in [0.15, 0.2) is 0 Å². The van der Waals surface area contributed by atoms with Gasteiger partial charge in [-0.25, -0.2) is 0 Å². The van der Waals surface area contributed by atoms with Crippen molar-refractivity contribution in [1.29, 1.82) is 0 Å². The van der Waals surface area contributed by atoms with Crippen LogP contribution in [-0.2, 0) is 0 Å². The summed E-state index contributed by atoms with van der Waals surface area (Å²) in [7, 11) is 0. The summed E-state index contributed by atoms with van der Waals surface area (Å²) in [4.78, 5) is 13.3. The van der Waals surface area contributed by atoms with Crippen molar-refractivity contribution in [2.75, 3.05) is 0 Å². The Morgan fingerprint density at radius 1 is 1.32 bits per heavy atom. The summed E-state index contributed by atoms with van der Waals surface area (Å²) in [6.07, 6.45) is 3.85. The van der Waals surface area contributed by atoms with Gasteiger partial charge in [0.05, 0.1) is 8.66 Å². The molecule has 1 aromatic heterocycles. The highest BCUT2D eigenvalue weighted by Crippen LogP contribution is 2.37. The molecule has 1 aliphatic rings. The van der Waals surface area contributed by atoms with Crippen LogP contribution < -0.4 is 0 Å². The van der Waals surface area contributed by atoms with Gasteiger partial charge in [0.2, 0.25) is 5.78 Å². The van der Waals surface area contributed by atoms with Crippen molar-refractivity contribution < 1.29 is 4.79 Å². The standard InChI is InChI=1S/C16H15BrOS/c1-10-8-14(19-16(10)17)15(18)13-7-3-6-12(9-13)11-4-2-5-11/h3,6-9,11H,2,4-5H2,1H3. The maximum atomic E-state index is 12.5. The van der Waals surface area contributed by atoms with Crippen molar-refractivity contribution in [2.45, 2.75) is 32.1 Å². The molecule has 0 unspecified atom stereocenters. The molecule has 1 aliphatic carbocycles. The van der Waals surface area contributed by atoms with Gasteiger partial charge in [0, 0.05) is 5.56 Å². The van der Waals surface area contributed by atoms with E-state index in [1.165, 1.54) is 36.2 Å². The third-order valence-electron chi connectivity index (χ3n) is 3.81. The Kier molecular flexibility index (Phi) is 3.59. The Hall–Kier alpha value is -0.930. The van der Waals surface area contributed by atoms with Gasteiger partial charge < -0.3 is 0 Å². The van der Waals surface area contributed by atoms with Crippen LogP contribution in [0.2, 0.25) is 0 Å². The van der Waals surface area contributed by atoms with Crippen molar-refractivity contribution in [1.82, 2.24) is 0 Å². The second kappa shape index (κ2) is 5.22. The van der Waals surface area contributed by atoms with Crippen LogP contribution in [0.25, 0.3) is 0 Å².